The Bertz CT molecular complexity index is 542. The summed E-state index contributed by atoms with van der Waals surface area (Å²) in [5, 5.41) is 9.78. The van der Waals surface area contributed by atoms with E-state index in [0.717, 1.165) is 37.7 Å². The first-order chi connectivity index (χ1) is 9.66. The molecule has 0 aliphatic heterocycles. The largest absolute Gasteiger partial charge is 0.465 e. The highest BCUT2D eigenvalue weighted by molar-refractivity contribution is 6.08. The predicted octanol–water partition coefficient (Wildman–Crippen LogP) is 2.54. The van der Waals surface area contributed by atoms with Gasteiger partial charge in [0, 0.05) is 12.0 Å². The fourth-order valence-corrected chi connectivity index (χ4v) is 4.46. The van der Waals surface area contributed by atoms with Gasteiger partial charge in [0.1, 0.15) is 0 Å². The van der Waals surface area contributed by atoms with E-state index in [9.17, 15) is 14.9 Å². The van der Waals surface area contributed by atoms with Gasteiger partial charge >= 0.3 is 5.97 Å². The smallest absolute Gasteiger partial charge is 0.331 e. The first kappa shape index (κ1) is 13.4. The minimum Gasteiger partial charge on any atom is -0.465 e. The lowest BCUT2D eigenvalue weighted by molar-refractivity contribution is -0.154. The molecule has 0 spiro atoms. The quantitative estimate of drug-likeness (QED) is 0.725. The fraction of sp³-hybridized carbons (Fsp3) is 0.688. The normalized spacial score (nSPS) is 35.5. The van der Waals surface area contributed by atoms with Crippen LogP contribution in [0.4, 0.5) is 0 Å². The van der Waals surface area contributed by atoms with Gasteiger partial charge in [0.25, 0.3) is 0 Å². The van der Waals surface area contributed by atoms with Crippen LogP contribution in [0.15, 0.2) is 11.1 Å². The molecule has 3 unspecified atom stereocenters. The van der Waals surface area contributed by atoms with E-state index in [-0.39, 0.29) is 24.2 Å². The number of carbonyl (C=O) groups is 2. The maximum absolute atomic E-state index is 12.5. The minimum atomic E-state index is -1.32. The highest BCUT2D eigenvalue weighted by atomic mass is 16.5. The van der Waals surface area contributed by atoms with Crippen LogP contribution in [0.5, 0.6) is 0 Å². The summed E-state index contributed by atoms with van der Waals surface area (Å²) < 4.78 is 5.18. The van der Waals surface area contributed by atoms with Crippen molar-refractivity contribution in [3.05, 3.63) is 11.1 Å². The molecule has 0 radical (unpaired) electrons. The molecule has 0 bridgehead atoms. The second-order valence-corrected chi connectivity index (χ2v) is 5.96. The molecule has 4 nitrogen and oxygen atoms in total. The van der Waals surface area contributed by atoms with E-state index in [2.05, 4.69) is 6.07 Å². The van der Waals surface area contributed by atoms with Gasteiger partial charge in [0.2, 0.25) is 0 Å². The lowest BCUT2D eigenvalue weighted by atomic mass is 9.65. The van der Waals surface area contributed by atoms with Crippen molar-refractivity contribution in [2.24, 2.45) is 17.3 Å². The third-order valence-corrected chi connectivity index (χ3v) is 5.16. The van der Waals surface area contributed by atoms with Gasteiger partial charge in [-0.25, -0.2) is 4.79 Å². The van der Waals surface area contributed by atoms with Crippen molar-refractivity contribution in [1.82, 2.24) is 0 Å². The van der Waals surface area contributed by atoms with Crippen LogP contribution < -0.4 is 0 Å². The van der Waals surface area contributed by atoms with Crippen molar-refractivity contribution in [1.29, 1.82) is 5.26 Å². The summed E-state index contributed by atoms with van der Waals surface area (Å²) in [5.74, 6) is -0.313. The Hall–Kier alpha value is -1.63. The number of ketones is 1. The maximum atomic E-state index is 12.5. The summed E-state index contributed by atoms with van der Waals surface area (Å²) in [5.41, 5.74) is 0.286. The molecule has 0 amide bonds. The number of hydrogen-bond donors (Lipinski definition) is 0. The summed E-state index contributed by atoms with van der Waals surface area (Å²) in [7, 11) is 0. The van der Waals surface area contributed by atoms with Crippen molar-refractivity contribution in [3.8, 4) is 6.07 Å². The third-order valence-electron chi connectivity index (χ3n) is 5.16. The van der Waals surface area contributed by atoms with Crippen LogP contribution in [0.3, 0.4) is 0 Å². The zero-order valence-corrected chi connectivity index (χ0v) is 11.8. The molecular formula is C16H19NO3. The second kappa shape index (κ2) is 4.73. The zero-order valence-electron chi connectivity index (χ0n) is 11.8. The average molecular weight is 273 g/mol. The molecule has 3 atom stereocenters. The predicted molar refractivity (Wildman–Crippen MR) is 71.4 cm³/mol. The number of allylic oxidation sites excluding steroid dienone is 1. The molecule has 3 aliphatic rings. The Balaban J connectivity index is 2.13. The molecule has 1 fully saturated rings. The van der Waals surface area contributed by atoms with E-state index in [1.807, 2.05) is 0 Å². The van der Waals surface area contributed by atoms with Crippen LogP contribution in [0.2, 0.25) is 0 Å². The molecule has 0 heterocycles. The molecule has 0 aromatic heterocycles. The Labute approximate surface area is 118 Å². The van der Waals surface area contributed by atoms with Gasteiger partial charge < -0.3 is 4.74 Å². The number of Topliss-reactive ketones (excluding diaryl/α,β-unsaturated/α-hetero) is 1. The van der Waals surface area contributed by atoms with Gasteiger partial charge in [0.15, 0.2) is 11.2 Å². The van der Waals surface area contributed by atoms with Crippen LogP contribution in [0, 0.1) is 28.6 Å². The van der Waals surface area contributed by atoms with Gasteiger partial charge in [-0.2, -0.15) is 5.26 Å². The van der Waals surface area contributed by atoms with Crippen molar-refractivity contribution < 1.29 is 14.3 Å². The average Bonchev–Trinajstić information content (AvgIpc) is 2.97. The summed E-state index contributed by atoms with van der Waals surface area (Å²) in [6, 6.07) is 2.21. The van der Waals surface area contributed by atoms with Crippen molar-refractivity contribution >= 4 is 11.8 Å². The molecule has 0 saturated heterocycles. The molecular weight excluding hydrogens is 254 g/mol. The van der Waals surface area contributed by atoms with Crippen molar-refractivity contribution in [2.45, 2.75) is 45.4 Å². The topological polar surface area (TPSA) is 67.2 Å². The van der Waals surface area contributed by atoms with Crippen LogP contribution in [0.25, 0.3) is 0 Å². The molecule has 0 aromatic carbocycles. The molecule has 4 heteroatoms. The van der Waals surface area contributed by atoms with Crippen LogP contribution in [-0.2, 0) is 14.3 Å². The van der Waals surface area contributed by atoms with Crippen LogP contribution in [-0.4, -0.2) is 18.4 Å². The number of nitrogens with zero attached hydrogens (tertiary/aromatic N) is 1. The van der Waals surface area contributed by atoms with E-state index in [4.69, 9.17) is 4.74 Å². The van der Waals surface area contributed by atoms with E-state index in [0.29, 0.717) is 12.0 Å². The maximum Gasteiger partial charge on any atom is 0.331 e. The number of fused-ring (bicyclic) bond motifs is 2. The van der Waals surface area contributed by atoms with Gasteiger partial charge in [-0.1, -0.05) is 18.4 Å². The van der Waals surface area contributed by atoms with E-state index in [1.165, 1.54) is 0 Å². The summed E-state index contributed by atoms with van der Waals surface area (Å²) in [4.78, 5) is 24.8. The first-order valence-corrected chi connectivity index (χ1v) is 7.52. The Morgan fingerprint density at radius 2 is 2.15 bits per heavy atom. The number of hydrogen-bond acceptors (Lipinski definition) is 4. The van der Waals surface area contributed by atoms with Gasteiger partial charge in [-0.3, -0.25) is 4.79 Å². The van der Waals surface area contributed by atoms with E-state index in [1.54, 1.807) is 6.92 Å². The summed E-state index contributed by atoms with van der Waals surface area (Å²) >= 11 is 0. The van der Waals surface area contributed by atoms with E-state index >= 15 is 0 Å². The summed E-state index contributed by atoms with van der Waals surface area (Å²) in [6.45, 7) is 1.98. The van der Waals surface area contributed by atoms with Gasteiger partial charge in [0.05, 0.1) is 12.7 Å². The third kappa shape index (κ3) is 1.52. The molecule has 0 N–H and O–H groups in total. The van der Waals surface area contributed by atoms with Gasteiger partial charge in [-0.05, 0) is 38.0 Å². The molecule has 106 valence electrons. The second-order valence-electron chi connectivity index (χ2n) is 5.96. The molecule has 3 aliphatic carbocycles. The Morgan fingerprint density at radius 3 is 2.85 bits per heavy atom. The molecule has 1 saturated carbocycles. The summed E-state index contributed by atoms with van der Waals surface area (Å²) in [6.07, 6.45) is 5.18. The first-order valence-electron chi connectivity index (χ1n) is 7.52. The monoisotopic (exact) mass is 273 g/mol. The van der Waals surface area contributed by atoms with Gasteiger partial charge in [-0.15, -0.1) is 0 Å². The number of esters is 1. The lowest BCUT2D eigenvalue weighted by Crippen LogP contribution is -2.42. The highest BCUT2D eigenvalue weighted by Crippen LogP contribution is 2.60. The standard InChI is InChI=1S/C16H19NO3/c1-2-20-15(19)16(9-17)12-6-4-3-5-10(12)11-7-8-13(18)14(11)16/h10,12H,2-8H2,1H3. The van der Waals surface area contributed by atoms with Crippen molar-refractivity contribution in [2.75, 3.05) is 6.61 Å². The zero-order chi connectivity index (χ0) is 14.3. The number of nitriles is 1. The fourth-order valence-electron chi connectivity index (χ4n) is 4.46. The molecule has 20 heavy (non-hydrogen) atoms. The number of ether oxygens (including phenoxy) is 1. The minimum absolute atomic E-state index is 0.0102. The van der Waals surface area contributed by atoms with Crippen LogP contribution in [0.1, 0.15) is 45.4 Å². The highest BCUT2D eigenvalue weighted by Gasteiger charge is 2.63. The number of carbonyl (C=O) groups excluding carboxylic acids is 2. The number of rotatable bonds is 2. The lowest BCUT2D eigenvalue weighted by Gasteiger charge is -2.35. The SMILES string of the molecule is CCOC(=O)C1(C#N)C2=C(CCC2=O)C2CCCCC21. The Morgan fingerprint density at radius 1 is 1.40 bits per heavy atom. The molecule has 3 rings (SSSR count). The Kier molecular flexibility index (Phi) is 3.16. The van der Waals surface area contributed by atoms with Crippen molar-refractivity contribution in [3.63, 3.8) is 0 Å². The van der Waals surface area contributed by atoms with E-state index < -0.39 is 11.4 Å². The van der Waals surface area contributed by atoms with Crippen LogP contribution >= 0.6 is 0 Å². The molecule has 0 aromatic rings.